The van der Waals surface area contributed by atoms with Gasteiger partial charge in [0.25, 0.3) is 5.91 Å². The second-order valence-electron chi connectivity index (χ2n) is 7.65. The molecule has 5 nitrogen and oxygen atoms in total. The summed E-state index contributed by atoms with van der Waals surface area (Å²) in [7, 11) is 0. The van der Waals surface area contributed by atoms with Crippen molar-refractivity contribution >= 4 is 34.6 Å². The van der Waals surface area contributed by atoms with Gasteiger partial charge in [0.1, 0.15) is 0 Å². The predicted octanol–water partition coefficient (Wildman–Crippen LogP) is 4.57. The highest BCUT2D eigenvalue weighted by molar-refractivity contribution is 7.09. The summed E-state index contributed by atoms with van der Waals surface area (Å²) in [6, 6.07) is 6.31. The van der Waals surface area contributed by atoms with Gasteiger partial charge in [0.2, 0.25) is 0 Å². The van der Waals surface area contributed by atoms with Crippen LogP contribution in [0.1, 0.15) is 34.5 Å². The third-order valence-electron chi connectivity index (χ3n) is 5.60. The minimum atomic E-state index is -5.08. The van der Waals surface area contributed by atoms with E-state index in [0.29, 0.717) is 5.41 Å². The summed E-state index contributed by atoms with van der Waals surface area (Å²) in [5.41, 5.74) is 1.31. The number of rotatable bonds is 3. The van der Waals surface area contributed by atoms with Gasteiger partial charge >= 0.3 is 12.1 Å². The van der Waals surface area contributed by atoms with E-state index < -0.39 is 12.1 Å². The van der Waals surface area contributed by atoms with Crippen molar-refractivity contribution < 1.29 is 27.9 Å². The fraction of sp³-hybridized carbons (Fsp3) is 0.500. The van der Waals surface area contributed by atoms with Crippen LogP contribution in [-0.2, 0) is 11.3 Å². The first-order valence-electron chi connectivity index (χ1n) is 9.55. The maximum Gasteiger partial charge on any atom is 0.490 e. The van der Waals surface area contributed by atoms with Gasteiger partial charge in [-0.15, -0.1) is 11.3 Å². The lowest BCUT2D eigenvalue weighted by Crippen LogP contribution is -2.44. The first-order valence-corrected chi connectivity index (χ1v) is 11.4. The van der Waals surface area contributed by atoms with Crippen LogP contribution in [0.2, 0.25) is 0 Å². The van der Waals surface area contributed by atoms with Gasteiger partial charge in [-0.2, -0.15) is 24.5 Å². The molecule has 4 rings (SSSR count). The number of carboxylic acids is 1. The van der Waals surface area contributed by atoms with Crippen molar-refractivity contribution in [1.82, 2.24) is 9.80 Å². The lowest BCUT2D eigenvalue weighted by Gasteiger charge is -2.39. The van der Waals surface area contributed by atoms with Crippen LogP contribution < -0.4 is 0 Å². The Labute approximate surface area is 180 Å². The van der Waals surface area contributed by atoms with E-state index in [1.54, 1.807) is 11.3 Å². The van der Waals surface area contributed by atoms with Crippen LogP contribution in [0.5, 0.6) is 0 Å². The molecule has 2 saturated heterocycles. The standard InChI is InChI=1S/C18H22N2OS2.C2HF3O2/c21-17(15-3-11-22-13-15)20-8-5-18(6-9-20)4-7-19(14-18)12-16-2-1-10-23-16;3-2(4,5)1(6)7/h1-3,10-11,13H,4-9,12,14H2;(H,6,7). The molecule has 4 heterocycles. The van der Waals surface area contributed by atoms with Crippen LogP contribution in [0.15, 0.2) is 34.3 Å². The van der Waals surface area contributed by atoms with Crippen molar-refractivity contribution in [2.24, 2.45) is 5.41 Å². The van der Waals surface area contributed by atoms with Crippen LogP contribution >= 0.6 is 22.7 Å². The predicted molar refractivity (Wildman–Crippen MR) is 110 cm³/mol. The van der Waals surface area contributed by atoms with E-state index in [9.17, 15) is 18.0 Å². The average molecular weight is 461 g/mol. The van der Waals surface area contributed by atoms with E-state index >= 15 is 0 Å². The number of carbonyl (C=O) groups is 2. The molecule has 2 aliphatic heterocycles. The number of likely N-dealkylation sites (tertiary alicyclic amines) is 2. The van der Waals surface area contributed by atoms with E-state index in [0.717, 1.165) is 38.0 Å². The number of alkyl halides is 3. The van der Waals surface area contributed by atoms with Gasteiger partial charge in [-0.3, -0.25) is 9.69 Å². The van der Waals surface area contributed by atoms with Crippen molar-refractivity contribution in [3.63, 3.8) is 0 Å². The van der Waals surface area contributed by atoms with Crippen LogP contribution in [0, 0.1) is 5.41 Å². The van der Waals surface area contributed by atoms with Crippen molar-refractivity contribution in [1.29, 1.82) is 0 Å². The minimum absolute atomic E-state index is 0.217. The Morgan fingerprint density at radius 2 is 1.77 bits per heavy atom. The normalized spacial score (nSPS) is 18.8. The molecule has 2 aromatic rings. The number of carbonyl (C=O) groups excluding carboxylic acids is 1. The van der Waals surface area contributed by atoms with Crippen LogP contribution in [0.4, 0.5) is 13.2 Å². The highest BCUT2D eigenvalue weighted by Crippen LogP contribution is 2.41. The van der Waals surface area contributed by atoms with Crippen molar-refractivity contribution in [3.8, 4) is 0 Å². The molecule has 0 atom stereocenters. The molecule has 2 aliphatic rings. The van der Waals surface area contributed by atoms with E-state index in [2.05, 4.69) is 27.3 Å². The van der Waals surface area contributed by atoms with Crippen LogP contribution in [0.25, 0.3) is 0 Å². The molecule has 10 heteroatoms. The zero-order valence-electron chi connectivity index (χ0n) is 16.2. The maximum atomic E-state index is 12.5. The molecule has 2 aromatic heterocycles. The quantitative estimate of drug-likeness (QED) is 0.729. The van der Waals surface area contributed by atoms with Crippen LogP contribution in [-0.4, -0.2) is 59.1 Å². The summed E-state index contributed by atoms with van der Waals surface area (Å²) < 4.78 is 31.7. The molecule has 0 unspecified atom stereocenters. The van der Waals surface area contributed by atoms with Gasteiger partial charge in [0, 0.05) is 36.4 Å². The molecule has 1 spiro atoms. The average Bonchev–Trinajstić information content (AvgIpc) is 3.45. The molecule has 0 saturated carbocycles. The van der Waals surface area contributed by atoms with Gasteiger partial charge in [0.15, 0.2) is 0 Å². The highest BCUT2D eigenvalue weighted by atomic mass is 32.1. The Morgan fingerprint density at radius 3 is 2.30 bits per heavy atom. The number of piperidine rings is 1. The van der Waals surface area contributed by atoms with Gasteiger partial charge in [0.05, 0.1) is 5.56 Å². The zero-order valence-corrected chi connectivity index (χ0v) is 17.9. The second kappa shape index (κ2) is 9.49. The molecular weight excluding hydrogens is 437 g/mol. The lowest BCUT2D eigenvalue weighted by molar-refractivity contribution is -0.192. The molecular formula is C20H23F3N2O3S2. The molecule has 0 radical (unpaired) electrons. The summed E-state index contributed by atoms with van der Waals surface area (Å²) in [4.78, 5) is 27.5. The largest absolute Gasteiger partial charge is 0.490 e. The maximum absolute atomic E-state index is 12.5. The molecule has 30 heavy (non-hydrogen) atoms. The first-order chi connectivity index (χ1) is 14.2. The molecule has 0 aromatic carbocycles. The number of amides is 1. The molecule has 2 fully saturated rings. The van der Waals surface area contributed by atoms with E-state index in [1.807, 2.05) is 28.2 Å². The monoisotopic (exact) mass is 460 g/mol. The SMILES string of the molecule is O=C(O)C(F)(F)F.O=C(c1ccsc1)N1CCC2(CCN(Cc3cccs3)C2)CC1. The topological polar surface area (TPSA) is 60.9 Å². The zero-order chi connectivity index (χ0) is 21.8. The van der Waals surface area contributed by atoms with Crippen molar-refractivity contribution in [2.45, 2.75) is 32.0 Å². The molecule has 0 aliphatic carbocycles. The number of carboxylic acid groups (broad SMARTS) is 1. The number of aliphatic carboxylic acids is 1. The first kappa shape index (κ1) is 22.8. The molecule has 0 bridgehead atoms. The fourth-order valence-electron chi connectivity index (χ4n) is 3.95. The van der Waals surface area contributed by atoms with Gasteiger partial charge in [-0.05, 0) is 54.1 Å². The van der Waals surface area contributed by atoms with E-state index in [1.165, 1.54) is 24.4 Å². The molecule has 1 amide bonds. The summed E-state index contributed by atoms with van der Waals surface area (Å²) >= 11 is 3.45. The minimum Gasteiger partial charge on any atom is -0.475 e. The Morgan fingerprint density at radius 1 is 1.10 bits per heavy atom. The lowest BCUT2D eigenvalue weighted by atomic mass is 9.77. The van der Waals surface area contributed by atoms with Crippen LogP contribution in [0.3, 0.4) is 0 Å². The molecule has 1 N–H and O–H groups in total. The van der Waals surface area contributed by atoms with E-state index in [-0.39, 0.29) is 5.91 Å². The van der Waals surface area contributed by atoms with Crippen molar-refractivity contribution in [2.75, 3.05) is 26.2 Å². The summed E-state index contributed by atoms with van der Waals surface area (Å²) in [6.07, 6.45) is -1.48. The number of halogens is 3. The Kier molecular flexibility index (Phi) is 7.20. The number of nitrogens with zero attached hydrogens (tertiary/aromatic N) is 2. The van der Waals surface area contributed by atoms with Gasteiger partial charge in [-0.1, -0.05) is 6.07 Å². The van der Waals surface area contributed by atoms with Crippen molar-refractivity contribution in [3.05, 3.63) is 44.8 Å². The van der Waals surface area contributed by atoms with Gasteiger partial charge in [-0.25, -0.2) is 4.79 Å². The third kappa shape index (κ3) is 5.83. The summed E-state index contributed by atoms with van der Waals surface area (Å²) in [6.45, 7) is 5.34. The summed E-state index contributed by atoms with van der Waals surface area (Å²) in [5, 5.41) is 13.2. The van der Waals surface area contributed by atoms with E-state index in [4.69, 9.17) is 9.90 Å². The second-order valence-corrected chi connectivity index (χ2v) is 9.46. The Balaban J connectivity index is 0.000000318. The molecule has 164 valence electrons. The number of hydrogen-bond donors (Lipinski definition) is 1. The Hall–Kier alpha value is -1.91. The van der Waals surface area contributed by atoms with Gasteiger partial charge < -0.3 is 10.0 Å². The third-order valence-corrected chi connectivity index (χ3v) is 7.14. The Bertz CT molecular complexity index is 830. The number of thiophene rings is 2. The number of hydrogen-bond acceptors (Lipinski definition) is 5. The fourth-order valence-corrected chi connectivity index (χ4v) is 5.32. The highest BCUT2D eigenvalue weighted by Gasteiger charge is 2.41. The summed E-state index contributed by atoms with van der Waals surface area (Å²) in [5.74, 6) is -2.54. The smallest absolute Gasteiger partial charge is 0.475 e.